The van der Waals surface area contributed by atoms with E-state index in [1.807, 2.05) is 30.3 Å². The van der Waals surface area contributed by atoms with E-state index in [-0.39, 0.29) is 35.6 Å². The Bertz CT molecular complexity index is 1740. The van der Waals surface area contributed by atoms with E-state index in [9.17, 15) is 14.4 Å². The smallest absolute Gasteiger partial charge is 0.335 e. The van der Waals surface area contributed by atoms with E-state index < -0.39 is 11.9 Å². The number of dihydropyridines is 1. The third-order valence-corrected chi connectivity index (χ3v) is 11.4. The predicted octanol–water partition coefficient (Wildman–Crippen LogP) is 8.34. The van der Waals surface area contributed by atoms with Crippen molar-refractivity contribution in [3.8, 4) is 5.75 Å². The number of ketones is 2. The molecule has 222 valence electrons. The molecule has 0 saturated carbocycles. The Morgan fingerprint density at radius 2 is 1.43 bits per heavy atom. The zero-order valence-electron chi connectivity index (χ0n) is 23.5. The second-order valence-corrected chi connectivity index (χ2v) is 14.2. The molecule has 0 fully saturated rings. The molecule has 0 spiro atoms. The Labute approximate surface area is 271 Å². The van der Waals surface area contributed by atoms with E-state index >= 15 is 0 Å². The maximum atomic E-state index is 13.9. The van der Waals surface area contributed by atoms with Gasteiger partial charge in [0.05, 0.1) is 10.0 Å². The summed E-state index contributed by atoms with van der Waals surface area (Å²) in [6.07, 6.45) is 2.32. The highest BCUT2D eigenvalue weighted by Gasteiger charge is 2.44. The zero-order chi connectivity index (χ0) is 30.4. The normalized spacial score (nSPS) is 21.5. The number of rotatable bonds is 7. The van der Waals surface area contributed by atoms with Gasteiger partial charge in [0.25, 0.3) is 0 Å². The van der Waals surface area contributed by atoms with E-state index in [0.29, 0.717) is 29.7 Å². The van der Waals surface area contributed by atoms with Crippen LogP contribution in [0, 0.1) is 0 Å². The van der Waals surface area contributed by atoms with Gasteiger partial charge >= 0.3 is 5.97 Å². The van der Waals surface area contributed by atoms with Crippen LogP contribution in [0.5, 0.6) is 5.75 Å². The first kappa shape index (κ1) is 29.0. The lowest BCUT2D eigenvalue weighted by molar-refractivity contribution is -0.117. The van der Waals surface area contributed by atoms with E-state index in [1.54, 1.807) is 46.9 Å². The average Bonchev–Trinajstić information content (AvgIpc) is 3.75. The summed E-state index contributed by atoms with van der Waals surface area (Å²) >= 11 is 7.05. The second-order valence-electron chi connectivity index (χ2n) is 11.4. The zero-order valence-corrected chi connectivity index (χ0v) is 26.8. The van der Waals surface area contributed by atoms with Gasteiger partial charge in [-0.2, -0.15) is 0 Å². The fourth-order valence-corrected chi connectivity index (χ4v) is 8.77. The van der Waals surface area contributed by atoms with Gasteiger partial charge in [-0.1, -0.05) is 30.3 Å². The lowest BCUT2D eigenvalue weighted by Crippen LogP contribution is -2.38. The molecule has 0 saturated heterocycles. The topological polar surface area (TPSA) is 92.7 Å². The molecule has 2 unspecified atom stereocenters. The van der Waals surface area contributed by atoms with Crippen molar-refractivity contribution in [2.45, 2.75) is 50.0 Å². The minimum Gasteiger partial charge on any atom is -0.488 e. The van der Waals surface area contributed by atoms with Crippen LogP contribution in [-0.2, 0) is 16.2 Å². The third kappa shape index (κ3) is 5.49. The van der Waals surface area contributed by atoms with Crippen LogP contribution in [0.15, 0.2) is 105 Å². The van der Waals surface area contributed by atoms with Crippen LogP contribution in [0.2, 0.25) is 0 Å². The van der Waals surface area contributed by atoms with Gasteiger partial charge in [0, 0.05) is 62.9 Å². The number of benzene rings is 2. The summed E-state index contributed by atoms with van der Waals surface area (Å²) in [5, 5.41) is 16.9. The van der Waals surface area contributed by atoms with Crippen molar-refractivity contribution in [3.05, 3.63) is 131 Å². The average molecular weight is 687 g/mol. The highest BCUT2D eigenvalue weighted by Crippen LogP contribution is 2.50. The van der Waals surface area contributed by atoms with Crippen molar-refractivity contribution in [1.29, 1.82) is 0 Å². The van der Waals surface area contributed by atoms with Crippen LogP contribution < -0.4 is 10.1 Å². The SMILES string of the molecule is O=C1CC(c2cccs2)CC2=C1C(c1ccc(OCc3ccc(C(=O)O)cc3)c(Br)c1)C1=C(CC(c3cccs3)CC1=O)N2. The molecule has 7 rings (SSSR count). The second kappa shape index (κ2) is 12.0. The van der Waals surface area contributed by atoms with Crippen LogP contribution in [0.25, 0.3) is 0 Å². The molecular weight excluding hydrogens is 658 g/mol. The molecule has 2 aromatic carbocycles. The van der Waals surface area contributed by atoms with E-state index in [1.165, 1.54) is 9.75 Å². The molecule has 2 atom stereocenters. The largest absolute Gasteiger partial charge is 0.488 e. The molecule has 0 bridgehead atoms. The monoisotopic (exact) mass is 685 g/mol. The van der Waals surface area contributed by atoms with Gasteiger partial charge in [0.1, 0.15) is 12.4 Å². The molecule has 1 aliphatic heterocycles. The van der Waals surface area contributed by atoms with Crippen LogP contribution >= 0.6 is 38.6 Å². The number of ether oxygens (including phenoxy) is 1. The maximum Gasteiger partial charge on any atom is 0.335 e. The number of thiophene rings is 2. The number of allylic oxidation sites excluding steroid dienone is 4. The van der Waals surface area contributed by atoms with E-state index in [2.05, 4.69) is 44.1 Å². The number of nitrogens with one attached hydrogen (secondary N) is 1. The first-order valence-corrected chi connectivity index (χ1v) is 17.0. The van der Waals surface area contributed by atoms with Crippen molar-refractivity contribution < 1.29 is 24.2 Å². The van der Waals surface area contributed by atoms with Crippen molar-refractivity contribution >= 4 is 56.1 Å². The number of hydrogen-bond acceptors (Lipinski definition) is 7. The molecule has 9 heteroatoms. The number of carboxylic acid groups (broad SMARTS) is 1. The molecule has 44 heavy (non-hydrogen) atoms. The van der Waals surface area contributed by atoms with Gasteiger partial charge < -0.3 is 15.2 Å². The Hall–Kier alpha value is -3.79. The van der Waals surface area contributed by atoms with Crippen LogP contribution in [-0.4, -0.2) is 22.6 Å². The van der Waals surface area contributed by atoms with Crippen molar-refractivity contribution in [2.75, 3.05) is 0 Å². The summed E-state index contributed by atoms with van der Waals surface area (Å²) in [6.45, 7) is 0.265. The lowest BCUT2D eigenvalue weighted by Gasteiger charge is -2.40. The summed E-state index contributed by atoms with van der Waals surface area (Å²) in [5.41, 5.74) is 5.23. The van der Waals surface area contributed by atoms with Gasteiger partial charge in [0.2, 0.25) is 0 Å². The number of carbonyl (C=O) groups is 3. The lowest BCUT2D eigenvalue weighted by atomic mass is 9.68. The van der Waals surface area contributed by atoms with Crippen molar-refractivity contribution in [3.63, 3.8) is 0 Å². The predicted molar refractivity (Wildman–Crippen MR) is 174 cm³/mol. The van der Waals surface area contributed by atoms with Crippen molar-refractivity contribution in [2.24, 2.45) is 0 Å². The maximum absolute atomic E-state index is 13.9. The number of aromatic carboxylic acids is 1. The minimum absolute atomic E-state index is 0.0862. The quantitative estimate of drug-likeness (QED) is 0.203. The summed E-state index contributed by atoms with van der Waals surface area (Å²) in [7, 11) is 0. The van der Waals surface area contributed by atoms with Gasteiger partial charge in [-0.25, -0.2) is 4.79 Å². The molecule has 3 aliphatic rings. The molecule has 0 radical (unpaired) electrons. The molecule has 3 heterocycles. The highest BCUT2D eigenvalue weighted by molar-refractivity contribution is 9.10. The Balaban J connectivity index is 1.22. The molecular formula is C35H28BrNO5S2. The Morgan fingerprint density at radius 1 is 0.841 bits per heavy atom. The fraction of sp³-hybridized carbons (Fsp3) is 0.229. The molecule has 2 aromatic heterocycles. The minimum atomic E-state index is -0.970. The van der Waals surface area contributed by atoms with Crippen LogP contribution in [0.1, 0.15) is 74.7 Å². The van der Waals surface area contributed by atoms with E-state index in [4.69, 9.17) is 9.84 Å². The van der Waals surface area contributed by atoms with Crippen LogP contribution in [0.4, 0.5) is 0 Å². The number of halogens is 1. The van der Waals surface area contributed by atoms with Gasteiger partial charge in [-0.05, 0) is 87.1 Å². The van der Waals surface area contributed by atoms with Gasteiger partial charge in [-0.3, -0.25) is 9.59 Å². The summed E-state index contributed by atoms with van der Waals surface area (Å²) in [4.78, 5) is 41.4. The number of hydrogen-bond donors (Lipinski definition) is 2. The highest BCUT2D eigenvalue weighted by atomic mass is 79.9. The van der Waals surface area contributed by atoms with Gasteiger partial charge in [-0.15, -0.1) is 22.7 Å². The first-order valence-electron chi connectivity index (χ1n) is 14.5. The molecule has 2 N–H and O–H groups in total. The molecule has 2 aliphatic carbocycles. The molecule has 0 amide bonds. The summed E-state index contributed by atoms with van der Waals surface area (Å²) < 4.78 is 6.79. The number of carbonyl (C=O) groups excluding carboxylic acids is 2. The third-order valence-electron chi connectivity index (χ3n) is 8.67. The molecule has 4 aromatic rings. The summed E-state index contributed by atoms with van der Waals surface area (Å²) in [6, 6.07) is 20.6. The molecule has 6 nitrogen and oxygen atoms in total. The first-order chi connectivity index (χ1) is 21.4. The number of carboxylic acids is 1. The number of Topliss-reactive ketones (excluding diaryl/α,β-unsaturated/α-hetero) is 2. The fourth-order valence-electron chi connectivity index (χ4n) is 6.60. The Morgan fingerprint density at radius 3 is 1.93 bits per heavy atom. The Kier molecular flexibility index (Phi) is 7.86. The van der Waals surface area contributed by atoms with E-state index in [0.717, 1.165) is 39.8 Å². The van der Waals surface area contributed by atoms with Crippen LogP contribution in [0.3, 0.4) is 0 Å². The summed E-state index contributed by atoms with van der Waals surface area (Å²) in [5.74, 6) is -0.377. The van der Waals surface area contributed by atoms with Crippen molar-refractivity contribution in [1.82, 2.24) is 5.32 Å². The van der Waals surface area contributed by atoms with Gasteiger partial charge in [0.15, 0.2) is 11.6 Å². The standard InChI is InChI=1S/C35H28BrNO5S2/c36-24-13-21(9-10-29(24)42-18-19-5-7-20(8-6-19)35(40)41)32-33-25(14-22(16-27(33)38)30-3-1-11-43-30)37-26-15-23(17-28(39)34(26)32)31-4-2-12-44-31/h1-13,22-23,32,37H,14-18H2,(H,40,41).